The second kappa shape index (κ2) is 5.04. The Hall–Kier alpha value is -1.20. The first-order valence-electron chi connectivity index (χ1n) is 5.08. The van der Waals surface area contributed by atoms with Crippen molar-refractivity contribution in [1.29, 1.82) is 0 Å². The number of nitrogens with one attached hydrogen (secondary N) is 1. The van der Waals surface area contributed by atoms with E-state index in [4.69, 9.17) is 9.47 Å². The van der Waals surface area contributed by atoms with Crippen molar-refractivity contribution < 1.29 is 9.47 Å². The Morgan fingerprint density at radius 2 is 2.33 bits per heavy atom. The molecule has 2 rings (SSSR count). The van der Waals surface area contributed by atoms with Crippen LogP contribution in [0.4, 0.5) is 0 Å². The van der Waals surface area contributed by atoms with Gasteiger partial charge in [0.1, 0.15) is 6.61 Å². The Bertz CT molecular complexity index is 330. The normalized spacial score (nSPS) is 14.7. The molecule has 1 N–H and O–H groups in total. The van der Waals surface area contributed by atoms with Crippen molar-refractivity contribution >= 4 is 0 Å². The van der Waals surface area contributed by atoms with Gasteiger partial charge in [-0.25, -0.2) is 0 Å². The van der Waals surface area contributed by atoms with Crippen molar-refractivity contribution in [2.75, 3.05) is 26.9 Å². The van der Waals surface area contributed by atoms with Crippen LogP contribution in [0.1, 0.15) is 11.3 Å². The molecule has 15 heavy (non-hydrogen) atoms. The van der Waals surface area contributed by atoms with Gasteiger partial charge < -0.3 is 14.8 Å². The number of methoxy groups -OCH3 is 1. The van der Waals surface area contributed by atoms with Crippen LogP contribution >= 0.6 is 0 Å². The molecule has 0 fully saturated rings. The summed E-state index contributed by atoms with van der Waals surface area (Å²) in [6, 6.07) is 1.95. The van der Waals surface area contributed by atoms with Crippen molar-refractivity contribution in [3.8, 4) is 5.88 Å². The summed E-state index contributed by atoms with van der Waals surface area (Å²) in [6.07, 6.45) is 0.945. The van der Waals surface area contributed by atoms with Gasteiger partial charge in [-0.2, -0.15) is 5.10 Å². The molecule has 5 nitrogen and oxygen atoms in total. The van der Waals surface area contributed by atoms with Crippen molar-refractivity contribution in [2.45, 2.75) is 13.0 Å². The Morgan fingerprint density at radius 1 is 1.40 bits per heavy atom. The molecule has 0 radical (unpaired) electrons. The Kier molecular flexibility index (Phi) is 3.47. The number of nitrogens with zero attached hydrogens (tertiary/aromatic N) is 2. The second-order valence-corrected chi connectivity index (χ2v) is 3.42. The summed E-state index contributed by atoms with van der Waals surface area (Å²) in [5, 5.41) is 11.4. The van der Waals surface area contributed by atoms with Gasteiger partial charge in [0.15, 0.2) is 0 Å². The minimum Gasteiger partial charge on any atom is -0.474 e. The van der Waals surface area contributed by atoms with Crippen molar-refractivity contribution in [3.05, 3.63) is 17.3 Å². The molecule has 0 amide bonds. The van der Waals surface area contributed by atoms with Crippen LogP contribution < -0.4 is 10.1 Å². The maximum absolute atomic E-state index is 5.39. The minimum atomic E-state index is 0.511. The van der Waals surface area contributed by atoms with Crippen LogP contribution in [0.15, 0.2) is 6.07 Å². The molecule has 0 saturated heterocycles. The molecule has 0 atom stereocenters. The predicted molar refractivity (Wildman–Crippen MR) is 54.8 cm³/mol. The van der Waals surface area contributed by atoms with Gasteiger partial charge in [0.2, 0.25) is 5.88 Å². The number of rotatable bonds is 4. The van der Waals surface area contributed by atoms with Crippen molar-refractivity contribution in [3.63, 3.8) is 0 Å². The molecule has 0 aliphatic carbocycles. The zero-order valence-corrected chi connectivity index (χ0v) is 8.82. The fraction of sp³-hybridized carbons (Fsp3) is 0.600. The zero-order valence-electron chi connectivity index (χ0n) is 8.82. The van der Waals surface area contributed by atoms with Crippen molar-refractivity contribution in [2.24, 2.45) is 0 Å². The molecule has 0 aromatic carbocycles. The molecule has 1 aliphatic heterocycles. The summed E-state index contributed by atoms with van der Waals surface area (Å²) in [5.74, 6) is 0.578. The van der Waals surface area contributed by atoms with Crippen LogP contribution in [0.5, 0.6) is 5.88 Å². The van der Waals surface area contributed by atoms with E-state index < -0.39 is 0 Å². The quantitative estimate of drug-likeness (QED) is 0.715. The number of hydrogen-bond donors (Lipinski definition) is 1. The summed E-state index contributed by atoms with van der Waals surface area (Å²) in [6.45, 7) is 2.91. The lowest BCUT2D eigenvalue weighted by molar-refractivity contribution is 0.143. The molecule has 1 aromatic rings. The third kappa shape index (κ3) is 2.64. The van der Waals surface area contributed by atoms with Gasteiger partial charge in [-0.3, -0.25) is 0 Å². The highest BCUT2D eigenvalue weighted by Crippen LogP contribution is 2.14. The summed E-state index contributed by atoms with van der Waals surface area (Å²) in [5.41, 5.74) is 2.26. The molecule has 0 saturated carbocycles. The molecule has 0 spiro atoms. The third-order valence-corrected chi connectivity index (χ3v) is 2.33. The van der Waals surface area contributed by atoms with Crippen LogP contribution in [0, 0.1) is 0 Å². The molecule has 2 heterocycles. The lowest BCUT2D eigenvalue weighted by Crippen LogP contribution is -2.25. The largest absolute Gasteiger partial charge is 0.474 e. The van der Waals surface area contributed by atoms with Crippen LogP contribution in [0.25, 0.3) is 0 Å². The second-order valence-electron chi connectivity index (χ2n) is 3.42. The summed E-state index contributed by atoms with van der Waals surface area (Å²) < 4.78 is 10.3. The maximum Gasteiger partial charge on any atom is 0.233 e. The van der Waals surface area contributed by atoms with E-state index in [9.17, 15) is 0 Å². The van der Waals surface area contributed by atoms with E-state index >= 15 is 0 Å². The smallest absolute Gasteiger partial charge is 0.233 e. The molecular formula is C10H15N3O2. The standard InChI is InChI=1S/C10H15N3O2/c1-14-4-5-15-10-6-8-7-11-3-2-9(8)12-13-10/h6,11H,2-5,7H2,1H3. The van der Waals surface area contributed by atoms with E-state index in [1.807, 2.05) is 6.07 Å². The Morgan fingerprint density at radius 3 is 3.20 bits per heavy atom. The fourth-order valence-corrected chi connectivity index (χ4v) is 1.53. The lowest BCUT2D eigenvalue weighted by atomic mass is 10.1. The van der Waals surface area contributed by atoms with E-state index in [0.29, 0.717) is 19.1 Å². The van der Waals surface area contributed by atoms with Crippen LogP contribution in [-0.2, 0) is 17.7 Å². The molecule has 0 bridgehead atoms. The number of hydrogen-bond acceptors (Lipinski definition) is 5. The first kappa shape index (κ1) is 10.3. The van der Waals surface area contributed by atoms with Gasteiger partial charge in [0.05, 0.1) is 12.3 Å². The predicted octanol–water partition coefficient (Wildman–Crippen LogP) is 0.148. The van der Waals surface area contributed by atoms with E-state index in [2.05, 4.69) is 15.5 Å². The average Bonchev–Trinajstić information content (AvgIpc) is 2.29. The van der Waals surface area contributed by atoms with Gasteiger partial charge >= 0.3 is 0 Å². The van der Waals surface area contributed by atoms with Crippen LogP contribution in [0.2, 0.25) is 0 Å². The minimum absolute atomic E-state index is 0.511. The lowest BCUT2D eigenvalue weighted by Gasteiger charge is -2.15. The summed E-state index contributed by atoms with van der Waals surface area (Å²) >= 11 is 0. The number of aromatic nitrogens is 2. The molecule has 0 unspecified atom stereocenters. The van der Waals surface area contributed by atoms with E-state index in [-0.39, 0.29) is 0 Å². The first-order chi connectivity index (χ1) is 7.40. The highest BCUT2D eigenvalue weighted by molar-refractivity contribution is 5.26. The maximum atomic E-state index is 5.39. The molecule has 1 aromatic heterocycles. The first-order valence-corrected chi connectivity index (χ1v) is 5.08. The monoisotopic (exact) mass is 209 g/mol. The van der Waals surface area contributed by atoms with Gasteiger partial charge in [-0.05, 0) is 5.56 Å². The summed E-state index contributed by atoms with van der Waals surface area (Å²) in [7, 11) is 1.64. The van der Waals surface area contributed by atoms with Gasteiger partial charge in [-0.15, -0.1) is 5.10 Å². The van der Waals surface area contributed by atoms with Gasteiger partial charge in [0.25, 0.3) is 0 Å². The topological polar surface area (TPSA) is 56.3 Å². The zero-order chi connectivity index (χ0) is 10.5. The number of fused-ring (bicyclic) bond motifs is 1. The average molecular weight is 209 g/mol. The van der Waals surface area contributed by atoms with E-state index in [1.165, 1.54) is 5.56 Å². The molecule has 1 aliphatic rings. The SMILES string of the molecule is COCCOc1cc2c(nn1)CCNC2. The van der Waals surface area contributed by atoms with Gasteiger partial charge in [-0.1, -0.05) is 0 Å². The third-order valence-electron chi connectivity index (χ3n) is 2.33. The molecule has 5 heteroatoms. The summed E-state index contributed by atoms with van der Waals surface area (Å²) in [4.78, 5) is 0. The Balaban J connectivity index is 2.00. The number of ether oxygens (including phenoxy) is 2. The van der Waals surface area contributed by atoms with Crippen LogP contribution in [0.3, 0.4) is 0 Å². The fourth-order valence-electron chi connectivity index (χ4n) is 1.53. The highest BCUT2D eigenvalue weighted by atomic mass is 16.5. The van der Waals surface area contributed by atoms with Gasteiger partial charge in [0, 0.05) is 32.7 Å². The highest BCUT2D eigenvalue weighted by Gasteiger charge is 2.11. The van der Waals surface area contributed by atoms with E-state index in [0.717, 1.165) is 25.2 Å². The Labute approximate surface area is 88.8 Å². The molecule has 82 valence electrons. The van der Waals surface area contributed by atoms with Crippen LogP contribution in [-0.4, -0.2) is 37.1 Å². The molecular weight excluding hydrogens is 194 g/mol. The van der Waals surface area contributed by atoms with E-state index in [1.54, 1.807) is 7.11 Å². The van der Waals surface area contributed by atoms with Crippen molar-refractivity contribution in [1.82, 2.24) is 15.5 Å².